The number of benzene rings is 1. The van der Waals surface area contributed by atoms with E-state index >= 15 is 8.78 Å². The Hall–Kier alpha value is -4.29. The Balaban J connectivity index is 1.72. The lowest BCUT2D eigenvalue weighted by molar-refractivity contribution is -0.138. The lowest BCUT2D eigenvalue weighted by Gasteiger charge is -2.44. The van der Waals surface area contributed by atoms with E-state index in [1.54, 1.807) is 15.9 Å². The van der Waals surface area contributed by atoms with Gasteiger partial charge in [0.15, 0.2) is 10.9 Å². The number of halogens is 5. The first-order chi connectivity index (χ1) is 20.7. The molecule has 2 N–H and O–H groups in total. The number of nitrogens with two attached hydrogens (primary N) is 1. The third-order valence-electron chi connectivity index (χ3n) is 8.08. The summed E-state index contributed by atoms with van der Waals surface area (Å²) in [5, 5.41) is 9.66. The van der Waals surface area contributed by atoms with Gasteiger partial charge in [0.25, 0.3) is 11.5 Å². The van der Waals surface area contributed by atoms with Gasteiger partial charge in [-0.1, -0.05) is 17.4 Å². The fourth-order valence-electron chi connectivity index (χ4n) is 5.65. The fraction of sp³-hybridized carbons (Fsp3) is 0.379. The first kappa shape index (κ1) is 31.1. The highest BCUT2D eigenvalue weighted by atomic mass is 32.1. The number of aromatic nitrogens is 2. The second-order valence-corrected chi connectivity index (χ2v) is 11.9. The third-order valence-corrected chi connectivity index (χ3v) is 9.05. The molecular weight excluding hydrogens is 605 g/mol. The maximum Gasteiger partial charge on any atom is 0.417 e. The molecule has 0 bridgehead atoms. The van der Waals surface area contributed by atoms with Crippen molar-refractivity contribution in [3.8, 4) is 11.8 Å². The van der Waals surface area contributed by atoms with Crippen molar-refractivity contribution in [2.75, 3.05) is 43.0 Å². The number of hydrogen-bond donors (Lipinski definition) is 1. The quantitative estimate of drug-likeness (QED) is 0.415. The number of pyridine rings is 1. The lowest BCUT2D eigenvalue weighted by Crippen LogP contribution is -2.55. The molecule has 3 aromatic rings. The molecule has 44 heavy (non-hydrogen) atoms. The highest BCUT2D eigenvalue weighted by molar-refractivity contribution is 7.16. The van der Waals surface area contributed by atoms with Gasteiger partial charge in [-0.05, 0) is 32.9 Å². The van der Waals surface area contributed by atoms with Gasteiger partial charge in [0.05, 0.1) is 28.6 Å². The van der Waals surface area contributed by atoms with E-state index in [9.17, 15) is 28.0 Å². The summed E-state index contributed by atoms with van der Waals surface area (Å²) < 4.78 is 74.6. The van der Waals surface area contributed by atoms with Gasteiger partial charge in [-0.25, -0.2) is 13.8 Å². The summed E-state index contributed by atoms with van der Waals surface area (Å²) in [6, 6.07) is 3.12. The summed E-state index contributed by atoms with van der Waals surface area (Å²) in [4.78, 5) is 35.5. The van der Waals surface area contributed by atoms with Crippen molar-refractivity contribution in [3.05, 3.63) is 74.2 Å². The minimum Gasteiger partial charge on any atom is -0.367 e. The molecule has 1 saturated heterocycles. The Morgan fingerprint density at radius 3 is 2.43 bits per heavy atom. The van der Waals surface area contributed by atoms with E-state index < -0.39 is 51.7 Å². The van der Waals surface area contributed by atoms with Crippen molar-refractivity contribution < 1.29 is 26.7 Å². The largest absolute Gasteiger partial charge is 0.417 e. The number of primary amides is 1. The average molecular weight is 634 g/mol. The summed E-state index contributed by atoms with van der Waals surface area (Å²) in [5.41, 5.74) is 0.615. The zero-order valence-electron chi connectivity index (χ0n) is 24.0. The Bertz CT molecular complexity index is 1750. The Morgan fingerprint density at radius 2 is 1.84 bits per heavy atom. The Kier molecular flexibility index (Phi) is 8.25. The summed E-state index contributed by atoms with van der Waals surface area (Å²) in [7, 11) is 1.90. The molecule has 4 heterocycles. The van der Waals surface area contributed by atoms with E-state index in [1.807, 2.05) is 27.0 Å². The van der Waals surface area contributed by atoms with E-state index in [4.69, 9.17) is 5.73 Å². The Labute approximate surface area is 253 Å². The molecular formula is C29H28F5N7O2S. The number of thiazole rings is 1. The smallest absolute Gasteiger partial charge is 0.367 e. The standard InChI is InChI=1S/C29H28F5N7O2S/c1-15-11-40(12-16(2)38(15)3)22-8-21(30)24(17-5-4-6-39(13-17)28-37-10-18(9-35)44-28)25(31)26(22)41-14-19(27(36)43)20(7-23(41)42)29(32,33)34/h5,7-8,10,14-16H,4,6,11-13H2,1-3H3,(H2,36,43)/t15-,16+. The lowest BCUT2D eigenvalue weighted by atomic mass is 9.97. The van der Waals surface area contributed by atoms with Crippen LogP contribution in [0.4, 0.5) is 32.8 Å². The minimum absolute atomic E-state index is 0.0159. The van der Waals surface area contributed by atoms with Crippen LogP contribution in [-0.4, -0.2) is 65.7 Å². The molecule has 1 fully saturated rings. The topological polar surface area (TPSA) is 111 Å². The first-order valence-electron chi connectivity index (χ1n) is 13.6. The number of likely N-dealkylation sites (N-methyl/N-ethyl adjacent to an activating group) is 1. The number of alkyl halides is 3. The molecule has 2 aromatic heterocycles. The number of piperazine rings is 1. The number of anilines is 2. The second-order valence-electron chi connectivity index (χ2n) is 10.9. The van der Waals surface area contributed by atoms with Gasteiger partial charge in [-0.2, -0.15) is 18.4 Å². The number of amides is 1. The molecule has 0 aliphatic carbocycles. The Morgan fingerprint density at radius 1 is 1.16 bits per heavy atom. The van der Waals surface area contributed by atoms with Gasteiger partial charge in [-0.3, -0.25) is 19.1 Å². The SMILES string of the molecule is C[C@@H]1CN(c2cc(F)c(C3=CCCN(c4ncc(C#N)s4)C3)c(F)c2-n2cc(C(N)=O)c(C(F)(F)F)cc2=O)C[C@H](C)N1C. The molecule has 5 rings (SSSR count). The van der Waals surface area contributed by atoms with Gasteiger partial charge in [0.1, 0.15) is 22.5 Å². The van der Waals surface area contributed by atoms with Crippen LogP contribution >= 0.6 is 11.3 Å². The molecule has 0 unspecified atom stereocenters. The molecule has 232 valence electrons. The fourth-order valence-corrected chi connectivity index (χ4v) is 6.39. The molecule has 2 aliphatic heterocycles. The molecule has 2 atom stereocenters. The number of hydrogen-bond acceptors (Lipinski definition) is 8. The average Bonchev–Trinajstić information content (AvgIpc) is 3.45. The van der Waals surface area contributed by atoms with E-state index in [1.165, 1.54) is 6.20 Å². The summed E-state index contributed by atoms with van der Waals surface area (Å²) in [6.45, 7) is 4.90. The van der Waals surface area contributed by atoms with Crippen LogP contribution in [0.2, 0.25) is 0 Å². The second kappa shape index (κ2) is 11.7. The molecule has 0 saturated carbocycles. The van der Waals surface area contributed by atoms with Crippen molar-refractivity contribution in [3.63, 3.8) is 0 Å². The van der Waals surface area contributed by atoms with Crippen molar-refractivity contribution in [1.82, 2.24) is 14.5 Å². The molecule has 1 amide bonds. The first-order valence-corrected chi connectivity index (χ1v) is 14.5. The van der Waals surface area contributed by atoms with Crippen LogP contribution in [0.1, 0.15) is 46.6 Å². The van der Waals surface area contributed by atoms with E-state index in [0.29, 0.717) is 46.8 Å². The zero-order chi connectivity index (χ0) is 32.1. The van der Waals surface area contributed by atoms with Crippen molar-refractivity contribution >= 4 is 33.6 Å². The van der Waals surface area contributed by atoms with Crippen LogP contribution in [-0.2, 0) is 6.18 Å². The molecule has 1 aromatic carbocycles. The van der Waals surface area contributed by atoms with Crippen molar-refractivity contribution in [2.45, 2.75) is 38.5 Å². The normalized spacial score (nSPS) is 19.6. The summed E-state index contributed by atoms with van der Waals surface area (Å²) >= 11 is 1.12. The molecule has 9 nitrogen and oxygen atoms in total. The van der Waals surface area contributed by atoms with E-state index in [-0.39, 0.29) is 36.0 Å². The molecule has 2 aliphatic rings. The molecule has 0 spiro atoms. The predicted octanol–water partition coefficient (Wildman–Crippen LogP) is 4.38. The van der Waals surface area contributed by atoms with Crippen molar-refractivity contribution in [1.29, 1.82) is 5.26 Å². The number of nitrogens with zero attached hydrogens (tertiary/aromatic N) is 6. The van der Waals surface area contributed by atoms with Crippen LogP contribution in [0.5, 0.6) is 0 Å². The van der Waals surface area contributed by atoms with Crippen LogP contribution in [0.15, 0.2) is 35.4 Å². The van der Waals surface area contributed by atoms with Crippen LogP contribution in [0.25, 0.3) is 11.3 Å². The third kappa shape index (κ3) is 5.67. The van der Waals surface area contributed by atoms with Crippen LogP contribution in [0, 0.1) is 23.0 Å². The predicted molar refractivity (Wildman–Crippen MR) is 156 cm³/mol. The number of carbonyl (C=O) groups is 1. The molecule has 0 radical (unpaired) electrons. The van der Waals surface area contributed by atoms with E-state index in [2.05, 4.69) is 9.88 Å². The van der Waals surface area contributed by atoms with E-state index in [0.717, 1.165) is 17.4 Å². The zero-order valence-corrected chi connectivity index (χ0v) is 24.8. The van der Waals surface area contributed by atoms with Crippen LogP contribution < -0.4 is 21.1 Å². The van der Waals surface area contributed by atoms with Gasteiger partial charge in [-0.15, -0.1) is 0 Å². The van der Waals surface area contributed by atoms with Crippen LogP contribution in [0.3, 0.4) is 0 Å². The number of carbonyl (C=O) groups excluding carboxylic acids is 1. The minimum atomic E-state index is -5.09. The highest BCUT2D eigenvalue weighted by Crippen LogP contribution is 2.39. The number of nitriles is 1. The molecule has 15 heteroatoms. The highest BCUT2D eigenvalue weighted by Gasteiger charge is 2.37. The maximum atomic E-state index is 16.8. The maximum absolute atomic E-state index is 16.8. The summed E-state index contributed by atoms with van der Waals surface area (Å²) in [5.74, 6) is -3.58. The number of rotatable bonds is 5. The van der Waals surface area contributed by atoms with Gasteiger partial charge in [0, 0.05) is 56.6 Å². The van der Waals surface area contributed by atoms with Crippen molar-refractivity contribution in [2.24, 2.45) is 5.73 Å². The van der Waals surface area contributed by atoms with Gasteiger partial charge >= 0.3 is 6.18 Å². The monoisotopic (exact) mass is 633 g/mol. The van der Waals surface area contributed by atoms with Gasteiger partial charge in [0.2, 0.25) is 0 Å². The van der Waals surface area contributed by atoms with Gasteiger partial charge < -0.3 is 15.5 Å². The summed E-state index contributed by atoms with van der Waals surface area (Å²) in [6.07, 6.45) is -1.09.